The summed E-state index contributed by atoms with van der Waals surface area (Å²) in [6.45, 7) is 0.571. The van der Waals surface area contributed by atoms with E-state index in [1.165, 1.54) is 7.11 Å². The Balaban J connectivity index is 1.78. The van der Waals surface area contributed by atoms with Gasteiger partial charge in [0.15, 0.2) is 0 Å². The van der Waals surface area contributed by atoms with E-state index in [1.807, 2.05) is 42.5 Å². The molecule has 0 aliphatic carbocycles. The van der Waals surface area contributed by atoms with E-state index in [1.54, 1.807) is 18.2 Å². The first-order valence-corrected chi connectivity index (χ1v) is 7.42. The van der Waals surface area contributed by atoms with E-state index >= 15 is 0 Å². The minimum Gasteiger partial charge on any atom is -0.495 e. The lowest BCUT2D eigenvalue weighted by Crippen LogP contribution is -2.24. The van der Waals surface area contributed by atoms with Gasteiger partial charge >= 0.3 is 6.09 Å². The minimum absolute atomic E-state index is 0.237. The molecule has 5 nitrogen and oxygen atoms in total. The molecule has 0 aliphatic heterocycles. The molecule has 2 rings (SSSR count). The Morgan fingerprint density at radius 3 is 2.75 bits per heavy atom. The van der Waals surface area contributed by atoms with Gasteiger partial charge in [-0.1, -0.05) is 48.6 Å². The largest absolute Gasteiger partial charge is 0.495 e. The number of nitrogens with one attached hydrogen (secondary N) is 1. The van der Waals surface area contributed by atoms with Gasteiger partial charge in [-0.3, -0.25) is 0 Å². The van der Waals surface area contributed by atoms with Crippen LogP contribution in [0.4, 0.5) is 4.79 Å². The van der Waals surface area contributed by atoms with Gasteiger partial charge < -0.3 is 14.8 Å². The van der Waals surface area contributed by atoms with Gasteiger partial charge in [-0.2, -0.15) is 5.26 Å². The summed E-state index contributed by atoms with van der Waals surface area (Å²) >= 11 is 0. The zero-order chi connectivity index (χ0) is 17.2. The van der Waals surface area contributed by atoms with Crippen molar-refractivity contribution < 1.29 is 14.3 Å². The molecule has 1 amide bonds. The first kappa shape index (κ1) is 17.1. The second-order valence-corrected chi connectivity index (χ2v) is 4.92. The lowest BCUT2D eigenvalue weighted by atomic mass is 10.1. The summed E-state index contributed by atoms with van der Waals surface area (Å²) in [6, 6.07) is 16.9. The normalized spacial score (nSPS) is 10.2. The van der Waals surface area contributed by atoms with Crippen LogP contribution in [0, 0.1) is 11.3 Å². The Morgan fingerprint density at radius 2 is 2.04 bits per heavy atom. The van der Waals surface area contributed by atoms with E-state index in [0.29, 0.717) is 17.9 Å². The molecular weight excluding hydrogens is 304 g/mol. The van der Waals surface area contributed by atoms with E-state index in [0.717, 1.165) is 11.1 Å². The van der Waals surface area contributed by atoms with Crippen molar-refractivity contribution in [2.24, 2.45) is 0 Å². The predicted octanol–water partition coefficient (Wildman–Crippen LogP) is 3.51. The van der Waals surface area contributed by atoms with E-state index < -0.39 is 6.09 Å². The molecule has 0 atom stereocenters. The lowest BCUT2D eigenvalue weighted by molar-refractivity contribution is 0.141. The fraction of sp³-hybridized carbons (Fsp3) is 0.158. The Bertz CT molecular complexity index is 749. The van der Waals surface area contributed by atoms with Crippen LogP contribution >= 0.6 is 0 Å². The zero-order valence-electron chi connectivity index (χ0n) is 13.4. The molecule has 2 aromatic carbocycles. The van der Waals surface area contributed by atoms with Gasteiger partial charge in [0.05, 0.1) is 12.7 Å². The van der Waals surface area contributed by atoms with Crippen LogP contribution in [0.2, 0.25) is 0 Å². The SMILES string of the molecule is COc1ccc(C=CCNC(=O)OCc2ccccc2)cc1C#N. The van der Waals surface area contributed by atoms with E-state index in [-0.39, 0.29) is 6.61 Å². The molecule has 0 heterocycles. The third-order valence-corrected chi connectivity index (χ3v) is 3.23. The molecule has 0 saturated heterocycles. The summed E-state index contributed by atoms with van der Waals surface area (Å²) in [4.78, 5) is 11.6. The van der Waals surface area contributed by atoms with Crippen LogP contribution in [-0.4, -0.2) is 19.7 Å². The Hall–Kier alpha value is -3.26. The third kappa shape index (κ3) is 5.18. The average molecular weight is 322 g/mol. The topological polar surface area (TPSA) is 71.3 Å². The number of amides is 1. The monoisotopic (exact) mass is 322 g/mol. The Morgan fingerprint density at radius 1 is 1.25 bits per heavy atom. The third-order valence-electron chi connectivity index (χ3n) is 3.23. The minimum atomic E-state index is -0.476. The molecule has 0 aliphatic rings. The molecule has 0 aromatic heterocycles. The van der Waals surface area contributed by atoms with Crippen molar-refractivity contribution in [2.45, 2.75) is 6.61 Å². The smallest absolute Gasteiger partial charge is 0.407 e. The predicted molar refractivity (Wildman–Crippen MR) is 91.4 cm³/mol. The zero-order valence-corrected chi connectivity index (χ0v) is 13.4. The van der Waals surface area contributed by atoms with Gasteiger partial charge in [0.2, 0.25) is 0 Å². The molecule has 2 aromatic rings. The van der Waals surface area contributed by atoms with Crippen molar-refractivity contribution in [2.75, 3.05) is 13.7 Å². The number of hydrogen-bond acceptors (Lipinski definition) is 4. The standard InChI is InChI=1S/C19H18N2O3/c1-23-18-10-9-15(12-17(18)13-20)8-5-11-21-19(22)24-14-16-6-3-2-4-7-16/h2-10,12H,11,14H2,1H3,(H,21,22). The molecule has 0 saturated carbocycles. The molecule has 0 spiro atoms. The quantitative estimate of drug-likeness (QED) is 0.883. The van der Waals surface area contributed by atoms with Crippen LogP contribution in [0.25, 0.3) is 6.08 Å². The van der Waals surface area contributed by atoms with E-state index in [4.69, 9.17) is 14.7 Å². The maximum Gasteiger partial charge on any atom is 0.407 e. The Labute approximate surface area is 141 Å². The maximum absolute atomic E-state index is 11.6. The van der Waals surface area contributed by atoms with Crippen molar-refractivity contribution in [1.29, 1.82) is 5.26 Å². The summed E-state index contributed by atoms with van der Waals surface area (Å²) < 4.78 is 10.2. The second kappa shape index (κ2) is 9.01. The van der Waals surface area contributed by atoms with Gasteiger partial charge in [0.1, 0.15) is 18.4 Å². The molecule has 5 heteroatoms. The van der Waals surface area contributed by atoms with Crippen LogP contribution in [0.15, 0.2) is 54.6 Å². The highest BCUT2D eigenvalue weighted by molar-refractivity contribution is 5.67. The maximum atomic E-state index is 11.6. The molecule has 24 heavy (non-hydrogen) atoms. The van der Waals surface area contributed by atoms with Gasteiger partial charge in [-0.05, 0) is 23.3 Å². The number of methoxy groups -OCH3 is 1. The number of nitriles is 1. The van der Waals surface area contributed by atoms with Crippen LogP contribution in [0.5, 0.6) is 5.75 Å². The fourth-order valence-corrected chi connectivity index (χ4v) is 2.03. The van der Waals surface area contributed by atoms with Gasteiger partial charge in [-0.25, -0.2) is 4.79 Å². The highest BCUT2D eigenvalue weighted by Crippen LogP contribution is 2.19. The van der Waals surface area contributed by atoms with Crippen LogP contribution in [-0.2, 0) is 11.3 Å². The van der Waals surface area contributed by atoms with Gasteiger partial charge in [-0.15, -0.1) is 0 Å². The van der Waals surface area contributed by atoms with Crippen LogP contribution in [0.3, 0.4) is 0 Å². The molecule has 0 fully saturated rings. The number of ether oxygens (including phenoxy) is 2. The molecular formula is C19H18N2O3. The summed E-state index contributed by atoms with van der Waals surface area (Å²) in [7, 11) is 1.52. The van der Waals surface area contributed by atoms with Crippen LogP contribution in [0.1, 0.15) is 16.7 Å². The molecule has 0 unspecified atom stereocenters. The first-order valence-electron chi connectivity index (χ1n) is 7.42. The van der Waals surface area contributed by atoms with Crippen molar-refractivity contribution in [3.63, 3.8) is 0 Å². The van der Waals surface area contributed by atoms with Gasteiger partial charge in [0, 0.05) is 6.54 Å². The summed E-state index contributed by atoms with van der Waals surface area (Å²) in [5.41, 5.74) is 2.26. The molecule has 1 N–H and O–H groups in total. The molecule has 0 bridgehead atoms. The number of carbonyl (C=O) groups is 1. The lowest BCUT2D eigenvalue weighted by Gasteiger charge is -2.05. The summed E-state index contributed by atoms with van der Waals surface area (Å²) in [5, 5.41) is 11.7. The summed E-state index contributed by atoms with van der Waals surface area (Å²) in [6.07, 6.45) is 3.13. The van der Waals surface area contributed by atoms with Crippen molar-refractivity contribution in [1.82, 2.24) is 5.32 Å². The van der Waals surface area contributed by atoms with Gasteiger partial charge in [0.25, 0.3) is 0 Å². The fourth-order valence-electron chi connectivity index (χ4n) is 2.03. The van der Waals surface area contributed by atoms with Crippen molar-refractivity contribution in [3.8, 4) is 11.8 Å². The number of carbonyl (C=O) groups excluding carboxylic acids is 1. The first-order chi connectivity index (χ1) is 11.7. The van der Waals surface area contributed by atoms with Crippen molar-refractivity contribution >= 4 is 12.2 Å². The van der Waals surface area contributed by atoms with E-state index in [2.05, 4.69) is 11.4 Å². The number of nitrogens with zero attached hydrogens (tertiary/aromatic N) is 1. The summed E-state index contributed by atoms with van der Waals surface area (Å²) in [5.74, 6) is 0.539. The number of alkyl carbamates (subject to hydrolysis) is 1. The van der Waals surface area contributed by atoms with Crippen LogP contribution < -0.4 is 10.1 Å². The number of hydrogen-bond donors (Lipinski definition) is 1. The average Bonchev–Trinajstić information content (AvgIpc) is 2.64. The van der Waals surface area contributed by atoms with Crippen molar-refractivity contribution in [3.05, 3.63) is 71.3 Å². The highest BCUT2D eigenvalue weighted by Gasteiger charge is 2.02. The van der Waals surface area contributed by atoms with E-state index in [9.17, 15) is 4.79 Å². The molecule has 122 valence electrons. The highest BCUT2D eigenvalue weighted by atomic mass is 16.5. The second-order valence-electron chi connectivity index (χ2n) is 4.92. The molecule has 0 radical (unpaired) electrons. The number of rotatable bonds is 6. The Kier molecular flexibility index (Phi) is 6.42. The number of benzene rings is 2.